The van der Waals surface area contributed by atoms with Crippen molar-refractivity contribution in [2.24, 2.45) is 0 Å². The van der Waals surface area contributed by atoms with Crippen LogP contribution in [0.5, 0.6) is 0 Å². The summed E-state index contributed by atoms with van der Waals surface area (Å²) in [7, 11) is 0. The number of pyridine rings is 4. The molecule has 5 heterocycles. The van der Waals surface area contributed by atoms with E-state index in [0.29, 0.717) is 66.0 Å². The normalized spacial score (nSPS) is 12.6. The Morgan fingerprint density at radius 2 is 1.04 bits per heavy atom. The van der Waals surface area contributed by atoms with Crippen molar-refractivity contribution in [3.8, 4) is 11.4 Å². The maximum atomic E-state index is 14.2. The van der Waals surface area contributed by atoms with Gasteiger partial charge in [0, 0.05) is 66.7 Å². The van der Waals surface area contributed by atoms with E-state index < -0.39 is 22.6 Å². The van der Waals surface area contributed by atoms with Gasteiger partial charge in [0.05, 0.1) is 16.3 Å². The molecule has 0 unspecified atom stereocenters. The monoisotopic (exact) mass is 911 g/mol. The van der Waals surface area contributed by atoms with E-state index in [1.165, 1.54) is 11.6 Å². The molecule has 342 valence electrons. The van der Waals surface area contributed by atoms with Gasteiger partial charge in [-0.25, -0.2) is 9.97 Å². The van der Waals surface area contributed by atoms with Crippen LogP contribution in [0.2, 0.25) is 0 Å². The Balaban J connectivity index is 0.000000170. The Labute approximate surface area is 390 Å². The van der Waals surface area contributed by atoms with Crippen LogP contribution in [0.25, 0.3) is 33.4 Å². The quantitative estimate of drug-likeness (QED) is 0.106. The first-order valence-electron chi connectivity index (χ1n) is 22.4. The third-order valence-corrected chi connectivity index (χ3v) is 11.6. The molecule has 0 bridgehead atoms. The minimum Gasteiger partial charge on any atom is -0.354 e. The Bertz CT molecular complexity index is 3310. The minimum atomic E-state index is -4.72. The molecule has 1 saturated heterocycles. The second-order valence-corrected chi connectivity index (χ2v) is 16.3. The zero-order valence-electron chi connectivity index (χ0n) is 37.4. The van der Waals surface area contributed by atoms with Crippen LogP contribution in [0, 0.1) is 6.92 Å². The molecule has 68 heavy (non-hydrogen) atoms. The molecule has 1 fully saturated rings. The van der Waals surface area contributed by atoms with Gasteiger partial charge in [-0.2, -0.15) is 13.2 Å². The molecule has 0 saturated carbocycles. The number of benzene rings is 5. The predicted molar refractivity (Wildman–Crippen MR) is 268 cm³/mol. The lowest BCUT2D eigenvalue weighted by Gasteiger charge is -2.29. The van der Waals surface area contributed by atoms with Gasteiger partial charge in [0.1, 0.15) is 23.3 Å². The topological polar surface area (TPSA) is 121 Å². The van der Waals surface area contributed by atoms with Gasteiger partial charge in [-0.3, -0.25) is 18.7 Å². The van der Waals surface area contributed by atoms with Crippen LogP contribution in [0.15, 0.2) is 179 Å². The molecule has 1 aliphatic heterocycles. The molecule has 0 spiro atoms. The zero-order chi connectivity index (χ0) is 47.2. The average molecular weight is 912 g/mol. The molecule has 5 aromatic carbocycles. The maximum Gasteiger partial charge on any atom is 0.417 e. The lowest BCUT2D eigenvalue weighted by atomic mass is 10.1. The van der Waals surface area contributed by atoms with E-state index in [2.05, 4.69) is 57.4 Å². The van der Waals surface area contributed by atoms with Gasteiger partial charge in [0.15, 0.2) is 22.2 Å². The van der Waals surface area contributed by atoms with Crippen molar-refractivity contribution in [2.75, 3.05) is 47.0 Å². The first kappa shape index (κ1) is 44.9. The highest BCUT2D eigenvalue weighted by atomic mass is 19.4. The Morgan fingerprint density at radius 1 is 0.574 bits per heavy atom. The summed E-state index contributed by atoms with van der Waals surface area (Å²) in [5.41, 5.74) is 4.98. The fourth-order valence-electron chi connectivity index (χ4n) is 8.31. The summed E-state index contributed by atoms with van der Waals surface area (Å²) in [6.07, 6.45) is -3.72. The summed E-state index contributed by atoms with van der Waals surface area (Å²) in [6, 6.07) is 52.0. The van der Waals surface area contributed by atoms with Crippen molar-refractivity contribution in [2.45, 2.75) is 26.4 Å². The summed E-state index contributed by atoms with van der Waals surface area (Å²) in [4.78, 5) is 37.7. The van der Waals surface area contributed by atoms with Gasteiger partial charge in [0.2, 0.25) is 0 Å². The maximum absolute atomic E-state index is 14.2. The molecule has 10 rings (SSSR count). The number of fused-ring (bicyclic) bond motifs is 2. The Morgan fingerprint density at radius 3 is 1.54 bits per heavy atom. The number of halogens is 3. The molecule has 0 atom stereocenters. The van der Waals surface area contributed by atoms with Crippen LogP contribution in [0.3, 0.4) is 0 Å². The number of nitrogens with zero attached hydrogens (tertiary/aromatic N) is 5. The number of rotatable bonds is 10. The van der Waals surface area contributed by atoms with Crippen LogP contribution >= 0.6 is 0 Å². The number of alkyl halides is 3. The average Bonchev–Trinajstić information content (AvgIpc) is 3.35. The van der Waals surface area contributed by atoms with Crippen molar-refractivity contribution < 1.29 is 13.2 Å². The van der Waals surface area contributed by atoms with Crippen molar-refractivity contribution in [3.63, 3.8) is 0 Å². The summed E-state index contributed by atoms with van der Waals surface area (Å²) in [6.45, 7) is 6.42. The van der Waals surface area contributed by atoms with E-state index in [9.17, 15) is 22.8 Å². The Kier molecular flexibility index (Phi) is 13.0. The van der Waals surface area contributed by atoms with Crippen molar-refractivity contribution in [3.05, 3.63) is 207 Å². The largest absolute Gasteiger partial charge is 0.417 e. The molecule has 11 nitrogen and oxygen atoms in total. The fraction of sp³-hybridized carbons (Fsp3) is 0.148. The van der Waals surface area contributed by atoms with E-state index in [-0.39, 0.29) is 16.9 Å². The summed E-state index contributed by atoms with van der Waals surface area (Å²) >= 11 is 0. The van der Waals surface area contributed by atoms with E-state index in [1.807, 2.05) is 120 Å². The molecule has 9 aromatic rings. The number of anilines is 7. The van der Waals surface area contributed by atoms with E-state index in [4.69, 9.17) is 4.98 Å². The molecule has 0 aliphatic carbocycles. The summed E-state index contributed by atoms with van der Waals surface area (Å²) in [5.74, 6) is 1.87. The number of piperazine rings is 1. The number of hydrogen-bond donors (Lipinski definition) is 4. The number of aryl methyl sites for hydroxylation is 2. The second kappa shape index (κ2) is 19.7. The second-order valence-electron chi connectivity index (χ2n) is 16.3. The van der Waals surface area contributed by atoms with Crippen LogP contribution < -0.4 is 37.0 Å². The lowest BCUT2D eigenvalue weighted by molar-refractivity contribution is -0.136. The molecule has 1 aliphatic rings. The summed E-state index contributed by atoms with van der Waals surface area (Å²) in [5, 5.41) is 13.3. The minimum absolute atomic E-state index is 0.0412. The molecule has 14 heteroatoms. The number of para-hydroxylation sites is 4. The molecular weight excluding hydrogens is 864 g/mol. The molecular formula is C54H48F3N9O2. The van der Waals surface area contributed by atoms with Crippen LogP contribution in [0.4, 0.5) is 53.5 Å². The predicted octanol–water partition coefficient (Wildman–Crippen LogP) is 11.3. The molecule has 0 radical (unpaired) electrons. The first-order valence-corrected chi connectivity index (χ1v) is 22.4. The number of aromatic nitrogens is 4. The zero-order valence-corrected chi connectivity index (χ0v) is 37.4. The van der Waals surface area contributed by atoms with Gasteiger partial charge < -0.3 is 26.2 Å². The van der Waals surface area contributed by atoms with Crippen LogP contribution in [-0.2, 0) is 12.6 Å². The van der Waals surface area contributed by atoms with Gasteiger partial charge in [-0.05, 0) is 97.3 Å². The first-order chi connectivity index (χ1) is 33.0. The highest BCUT2D eigenvalue weighted by Crippen LogP contribution is 2.37. The third kappa shape index (κ3) is 9.81. The van der Waals surface area contributed by atoms with Crippen molar-refractivity contribution in [1.82, 2.24) is 24.4 Å². The van der Waals surface area contributed by atoms with E-state index >= 15 is 0 Å². The standard InChI is InChI=1S/C29H26N4O.C25H22F3N5O/c1-3-21-14-16-23(17-15-21)30-26-18-20(2)28-25(34)19-27(31-22-10-6-4-7-11-22)33(29(28)32-26)24-12-8-5-9-13-24;26-25(27,28)19-15-21(32-13-11-29-12-14-32)31-24-23(19)20(34)16-22(30-17-7-3-1-4-8-17)33(24)18-9-5-2-6-10-18/h4-19,31H,3H2,1-2H3,(H,30,32);1-10,15-16,29-30H,11-14H2. The van der Waals surface area contributed by atoms with Crippen LogP contribution in [0.1, 0.15) is 23.6 Å². The van der Waals surface area contributed by atoms with Gasteiger partial charge >= 0.3 is 6.18 Å². The van der Waals surface area contributed by atoms with Crippen LogP contribution in [-0.4, -0.2) is 45.3 Å². The smallest absolute Gasteiger partial charge is 0.354 e. The number of hydrogen-bond acceptors (Lipinski definition) is 9. The fourth-order valence-corrected chi connectivity index (χ4v) is 8.31. The third-order valence-electron chi connectivity index (χ3n) is 11.6. The van der Waals surface area contributed by atoms with Crippen molar-refractivity contribution >= 4 is 62.4 Å². The van der Waals surface area contributed by atoms with E-state index in [0.717, 1.165) is 35.1 Å². The highest BCUT2D eigenvalue weighted by Gasteiger charge is 2.36. The van der Waals surface area contributed by atoms with Crippen molar-refractivity contribution in [1.29, 1.82) is 0 Å². The van der Waals surface area contributed by atoms with Gasteiger partial charge in [-0.15, -0.1) is 0 Å². The highest BCUT2D eigenvalue weighted by molar-refractivity contribution is 5.87. The van der Waals surface area contributed by atoms with E-state index in [1.54, 1.807) is 34.9 Å². The summed E-state index contributed by atoms with van der Waals surface area (Å²) < 4.78 is 46.2. The SMILES string of the molecule is CCc1ccc(Nc2cc(C)c3c(=O)cc(Nc4ccccc4)n(-c4ccccc4)c3n2)cc1.O=c1cc(Nc2ccccc2)n(-c2ccccc2)c2nc(N3CCNCC3)cc(C(F)(F)F)c12. The number of nitrogens with one attached hydrogen (secondary N) is 4. The molecule has 4 aromatic heterocycles. The lowest BCUT2D eigenvalue weighted by Crippen LogP contribution is -2.44. The Hall–Kier alpha value is -8.23. The van der Waals surface area contributed by atoms with Gasteiger partial charge in [0.25, 0.3) is 0 Å². The molecule has 0 amide bonds. The van der Waals surface area contributed by atoms with Gasteiger partial charge in [-0.1, -0.05) is 91.9 Å². The molecule has 4 N–H and O–H groups in total.